The van der Waals surface area contributed by atoms with Crippen LogP contribution in [0.1, 0.15) is 27.7 Å². The second-order valence-corrected chi connectivity index (χ2v) is 11.9. The van der Waals surface area contributed by atoms with Gasteiger partial charge < -0.3 is 68.5 Å². The number of rotatable bonds is 29. The second kappa shape index (κ2) is 26.2. The molecule has 0 aliphatic carbocycles. The normalized spacial score (nSPS) is 15.8. The maximum absolute atomic E-state index is 11.7. The van der Waals surface area contributed by atoms with E-state index in [0.717, 1.165) is 0 Å². The molecule has 0 aliphatic heterocycles. The third-order valence-corrected chi connectivity index (χ3v) is 6.32. The molecule has 0 saturated carbocycles. The molecule has 0 aromatic heterocycles. The number of aliphatic hydroxyl groups is 6. The topological polar surface area (TPSA) is 263 Å². The number of hydrogen-bond acceptors (Lipinski definition) is 18. The molecule has 0 saturated heterocycles. The second-order valence-electron chi connectivity index (χ2n) is 11.9. The maximum Gasteiger partial charge on any atom is 0.333 e. The summed E-state index contributed by atoms with van der Waals surface area (Å²) in [5.41, 5.74) is 0.373. The maximum atomic E-state index is 11.7. The van der Waals surface area contributed by atoms with Gasteiger partial charge in [-0.15, -0.1) is 0 Å². The van der Waals surface area contributed by atoms with Crippen molar-refractivity contribution >= 4 is 23.9 Å². The fourth-order valence-electron chi connectivity index (χ4n) is 3.41. The van der Waals surface area contributed by atoms with E-state index in [-0.39, 0.29) is 22.3 Å². The molecular formula is C34H54O18. The molecule has 0 heterocycles. The van der Waals surface area contributed by atoms with Crippen LogP contribution in [0.15, 0.2) is 48.6 Å². The van der Waals surface area contributed by atoms with Crippen molar-refractivity contribution in [3.05, 3.63) is 48.6 Å². The van der Waals surface area contributed by atoms with E-state index >= 15 is 0 Å². The van der Waals surface area contributed by atoms with Crippen molar-refractivity contribution in [3.8, 4) is 0 Å². The molecule has 52 heavy (non-hydrogen) atoms. The van der Waals surface area contributed by atoms with Crippen molar-refractivity contribution in [2.75, 3.05) is 66.1 Å². The Hall–Kier alpha value is -3.56. The highest BCUT2D eigenvalue weighted by Gasteiger charge is 2.35. The van der Waals surface area contributed by atoms with Gasteiger partial charge in [0, 0.05) is 22.3 Å². The van der Waals surface area contributed by atoms with E-state index in [0.29, 0.717) is 0 Å². The monoisotopic (exact) mass is 750 g/mol. The van der Waals surface area contributed by atoms with Gasteiger partial charge in [0.25, 0.3) is 0 Å². The van der Waals surface area contributed by atoms with Gasteiger partial charge in [0.1, 0.15) is 75.3 Å². The van der Waals surface area contributed by atoms with Gasteiger partial charge in [-0.1, -0.05) is 26.3 Å². The highest BCUT2D eigenvalue weighted by atomic mass is 16.6. The van der Waals surface area contributed by atoms with Crippen molar-refractivity contribution in [3.63, 3.8) is 0 Å². The van der Waals surface area contributed by atoms with Crippen LogP contribution in [0.3, 0.4) is 0 Å². The Morgan fingerprint density at radius 3 is 0.865 bits per heavy atom. The Morgan fingerprint density at radius 1 is 0.404 bits per heavy atom. The molecular weight excluding hydrogens is 696 g/mol. The minimum Gasteiger partial charge on any atom is -0.460 e. The zero-order valence-corrected chi connectivity index (χ0v) is 30.1. The van der Waals surface area contributed by atoms with Crippen molar-refractivity contribution < 1.29 is 87.7 Å². The minimum absolute atomic E-state index is 0.0816. The molecule has 0 spiro atoms. The first-order chi connectivity index (χ1) is 24.3. The van der Waals surface area contributed by atoms with Crippen molar-refractivity contribution in [2.45, 2.75) is 76.5 Å². The lowest BCUT2D eigenvalue weighted by Crippen LogP contribution is -2.51. The summed E-state index contributed by atoms with van der Waals surface area (Å²) in [5.74, 6) is -3.03. The highest BCUT2D eigenvalue weighted by Crippen LogP contribution is 2.15. The molecule has 6 N–H and O–H groups in total. The summed E-state index contributed by atoms with van der Waals surface area (Å²) in [5, 5.41) is 63.3. The summed E-state index contributed by atoms with van der Waals surface area (Å²) >= 11 is 0. The SMILES string of the molecule is C=C(C)C(=O)OCC(O)COCC(OCC(O)COC(=O)C(=C)C)C(O)C(O)C(COCC(O)COC(=O)C(=C)C)OCC(O)COC(=O)C(=C)C. The van der Waals surface area contributed by atoms with E-state index < -0.39 is 139 Å². The number of carbonyl (C=O) groups excluding carboxylic acids is 4. The number of carbonyl (C=O) groups is 4. The zero-order valence-electron chi connectivity index (χ0n) is 30.1. The first-order valence-corrected chi connectivity index (χ1v) is 16.0. The van der Waals surface area contributed by atoms with Gasteiger partial charge in [-0.2, -0.15) is 0 Å². The first-order valence-electron chi connectivity index (χ1n) is 16.0. The van der Waals surface area contributed by atoms with Gasteiger partial charge >= 0.3 is 23.9 Å². The smallest absolute Gasteiger partial charge is 0.333 e. The number of hydrogen-bond donors (Lipinski definition) is 6. The molecule has 18 nitrogen and oxygen atoms in total. The molecule has 18 heteroatoms. The molecule has 0 amide bonds. The number of aliphatic hydroxyl groups excluding tert-OH is 6. The molecule has 8 unspecified atom stereocenters. The van der Waals surface area contributed by atoms with Crippen molar-refractivity contribution in [1.82, 2.24) is 0 Å². The molecule has 298 valence electrons. The summed E-state index contributed by atoms with van der Waals surface area (Å²) in [6, 6.07) is 0. The third-order valence-electron chi connectivity index (χ3n) is 6.32. The van der Waals surface area contributed by atoms with Crippen LogP contribution in [0.4, 0.5) is 0 Å². The number of ether oxygens (including phenoxy) is 8. The van der Waals surface area contributed by atoms with Crippen LogP contribution in [-0.2, 0) is 57.1 Å². The van der Waals surface area contributed by atoms with Gasteiger partial charge in [0.05, 0.1) is 39.6 Å². The molecule has 0 aliphatic rings. The average molecular weight is 751 g/mol. The third kappa shape index (κ3) is 21.7. The average Bonchev–Trinajstić information content (AvgIpc) is 3.08. The zero-order chi connectivity index (χ0) is 40.0. The minimum atomic E-state index is -1.89. The van der Waals surface area contributed by atoms with Gasteiger partial charge in [0.15, 0.2) is 0 Å². The quantitative estimate of drug-likeness (QED) is 0.0287. The number of esters is 4. The first kappa shape index (κ1) is 48.4. The van der Waals surface area contributed by atoms with Gasteiger partial charge in [0.2, 0.25) is 0 Å². The lowest BCUT2D eigenvalue weighted by Gasteiger charge is -2.32. The molecule has 0 aromatic rings. The van der Waals surface area contributed by atoms with Crippen molar-refractivity contribution in [1.29, 1.82) is 0 Å². The Kier molecular flexibility index (Phi) is 24.4. The summed E-state index contributed by atoms with van der Waals surface area (Å²) in [4.78, 5) is 46.6. The molecule has 8 atom stereocenters. The molecule has 0 bridgehead atoms. The van der Waals surface area contributed by atoms with Gasteiger partial charge in [-0.3, -0.25) is 0 Å². The van der Waals surface area contributed by atoms with Gasteiger partial charge in [-0.05, 0) is 27.7 Å². The molecule has 0 rings (SSSR count). The van der Waals surface area contributed by atoms with E-state index in [4.69, 9.17) is 37.9 Å². The van der Waals surface area contributed by atoms with Crippen LogP contribution in [0.2, 0.25) is 0 Å². The van der Waals surface area contributed by atoms with Crippen LogP contribution < -0.4 is 0 Å². The lowest BCUT2D eigenvalue weighted by atomic mass is 10.0. The molecule has 0 fully saturated rings. The standard InChI is InChI=1S/C34H54O18/c1-19(2)31(41)49-13-23(35)9-45-17-27(47-11-25(37)15-51-33(43)21(5)6)29(39)30(40)28(48-12-26(38)16-52-34(44)22(7)8)18-46-10-24(36)14-50-32(42)20(3)4/h23-30,35-40H,1,3,5,7,9-18H2,2,4,6,8H3. The Morgan fingerprint density at radius 2 is 0.635 bits per heavy atom. The fraction of sp³-hybridized carbons (Fsp3) is 0.647. The van der Waals surface area contributed by atoms with Crippen LogP contribution in [0.5, 0.6) is 0 Å². The Labute approximate surface area is 302 Å². The van der Waals surface area contributed by atoms with Crippen LogP contribution >= 0.6 is 0 Å². The van der Waals surface area contributed by atoms with E-state index in [1.807, 2.05) is 0 Å². The van der Waals surface area contributed by atoms with Crippen LogP contribution in [0, 0.1) is 0 Å². The Bertz CT molecular complexity index is 1090. The largest absolute Gasteiger partial charge is 0.460 e. The predicted molar refractivity (Wildman–Crippen MR) is 180 cm³/mol. The summed E-state index contributed by atoms with van der Waals surface area (Å²) < 4.78 is 41.5. The van der Waals surface area contributed by atoms with E-state index in [2.05, 4.69) is 26.3 Å². The predicted octanol–water partition coefficient (Wildman–Crippen LogP) is -1.57. The lowest BCUT2D eigenvalue weighted by molar-refractivity contribution is -0.181. The van der Waals surface area contributed by atoms with Crippen molar-refractivity contribution in [2.24, 2.45) is 0 Å². The molecule has 0 radical (unpaired) electrons. The highest BCUT2D eigenvalue weighted by molar-refractivity contribution is 5.88. The summed E-state index contributed by atoms with van der Waals surface area (Å²) in [6.07, 6.45) is -12.2. The fourth-order valence-corrected chi connectivity index (χ4v) is 3.41. The van der Waals surface area contributed by atoms with E-state index in [1.165, 1.54) is 27.7 Å². The summed E-state index contributed by atoms with van der Waals surface area (Å²) in [6.45, 7) is 14.4. The Balaban J connectivity index is 5.80. The van der Waals surface area contributed by atoms with Crippen LogP contribution in [-0.4, -0.2) is 169 Å². The summed E-state index contributed by atoms with van der Waals surface area (Å²) in [7, 11) is 0. The molecule has 0 aromatic carbocycles. The van der Waals surface area contributed by atoms with E-state index in [1.54, 1.807) is 0 Å². The van der Waals surface area contributed by atoms with Gasteiger partial charge in [-0.25, -0.2) is 19.2 Å². The van der Waals surface area contributed by atoms with Crippen LogP contribution in [0.25, 0.3) is 0 Å². The van der Waals surface area contributed by atoms with E-state index in [9.17, 15) is 49.8 Å².